The van der Waals surface area contributed by atoms with Crippen molar-refractivity contribution in [1.82, 2.24) is 4.98 Å². The number of fused-ring (bicyclic) bond motifs is 3. The largest absolute Gasteiger partial charge is 0.478 e. The lowest BCUT2D eigenvalue weighted by molar-refractivity contribution is 0.0697. The molecule has 1 aromatic carbocycles. The predicted molar refractivity (Wildman–Crippen MR) is 64.2 cm³/mol. The van der Waals surface area contributed by atoms with Crippen LogP contribution in [0.3, 0.4) is 0 Å². The summed E-state index contributed by atoms with van der Waals surface area (Å²) in [6.45, 7) is 1.96. The van der Waals surface area contributed by atoms with Gasteiger partial charge in [0.2, 0.25) is 0 Å². The van der Waals surface area contributed by atoms with E-state index in [9.17, 15) is 4.79 Å². The van der Waals surface area contributed by atoms with E-state index < -0.39 is 5.97 Å². The van der Waals surface area contributed by atoms with E-state index in [0.717, 1.165) is 23.2 Å². The molecule has 0 amide bonds. The summed E-state index contributed by atoms with van der Waals surface area (Å²) in [6.07, 6.45) is 2.66. The van der Waals surface area contributed by atoms with Crippen LogP contribution in [0.5, 0.6) is 0 Å². The molecule has 1 aliphatic rings. The number of pyridine rings is 1. The fraction of sp³-hybridized carbons (Fsp3) is 0.143. The van der Waals surface area contributed by atoms with E-state index in [0.29, 0.717) is 5.56 Å². The van der Waals surface area contributed by atoms with Gasteiger partial charge in [-0.3, -0.25) is 4.98 Å². The SMILES string of the molecule is Cc1cc2c(cn1)Cc1cc(C(=O)O)ccc1-2. The normalized spacial score (nSPS) is 12.1. The summed E-state index contributed by atoms with van der Waals surface area (Å²) in [5, 5.41) is 8.96. The van der Waals surface area contributed by atoms with Gasteiger partial charge in [0.15, 0.2) is 0 Å². The number of aromatic carboxylic acids is 1. The van der Waals surface area contributed by atoms with Crippen LogP contribution < -0.4 is 0 Å². The Morgan fingerprint density at radius 3 is 2.82 bits per heavy atom. The van der Waals surface area contributed by atoms with Crippen molar-refractivity contribution in [3.8, 4) is 11.1 Å². The maximum Gasteiger partial charge on any atom is 0.335 e. The van der Waals surface area contributed by atoms with Crippen molar-refractivity contribution >= 4 is 5.97 Å². The van der Waals surface area contributed by atoms with Gasteiger partial charge in [-0.1, -0.05) is 6.07 Å². The van der Waals surface area contributed by atoms with Gasteiger partial charge in [-0.15, -0.1) is 0 Å². The summed E-state index contributed by atoms with van der Waals surface area (Å²) in [7, 11) is 0. The molecule has 0 unspecified atom stereocenters. The summed E-state index contributed by atoms with van der Waals surface area (Å²) < 4.78 is 0. The van der Waals surface area contributed by atoms with Gasteiger partial charge in [-0.05, 0) is 47.4 Å². The minimum Gasteiger partial charge on any atom is -0.478 e. The molecule has 0 fully saturated rings. The molecule has 0 saturated heterocycles. The lowest BCUT2D eigenvalue weighted by atomic mass is 10.0. The third kappa shape index (κ3) is 1.51. The molecule has 1 aromatic heterocycles. The highest BCUT2D eigenvalue weighted by atomic mass is 16.4. The van der Waals surface area contributed by atoms with Gasteiger partial charge in [0.05, 0.1) is 5.56 Å². The van der Waals surface area contributed by atoms with E-state index >= 15 is 0 Å². The molecule has 84 valence electrons. The fourth-order valence-corrected chi connectivity index (χ4v) is 2.32. The molecule has 0 saturated carbocycles. The predicted octanol–water partition coefficient (Wildman–Crippen LogP) is 2.66. The standard InChI is InChI=1S/C14H11NO2/c1-8-4-13-11(7-15-8)6-10-5-9(14(16)17)2-3-12(10)13/h2-5,7H,6H2,1H3,(H,16,17). The number of carbonyl (C=O) groups is 1. The second-order valence-corrected chi connectivity index (χ2v) is 4.34. The minimum absolute atomic E-state index is 0.348. The average Bonchev–Trinajstić information content (AvgIpc) is 2.66. The number of benzene rings is 1. The van der Waals surface area contributed by atoms with Crippen LogP contribution >= 0.6 is 0 Å². The maximum absolute atomic E-state index is 10.9. The maximum atomic E-state index is 10.9. The number of aromatic nitrogens is 1. The van der Waals surface area contributed by atoms with Crippen molar-refractivity contribution in [2.75, 3.05) is 0 Å². The molecule has 0 spiro atoms. The molecule has 3 heteroatoms. The molecule has 0 atom stereocenters. The third-order valence-corrected chi connectivity index (χ3v) is 3.15. The van der Waals surface area contributed by atoms with Gasteiger partial charge in [0, 0.05) is 18.3 Å². The van der Waals surface area contributed by atoms with Crippen LogP contribution in [0, 0.1) is 6.92 Å². The Balaban J connectivity index is 2.17. The Kier molecular flexibility index (Phi) is 2.01. The van der Waals surface area contributed by atoms with Gasteiger partial charge in [-0.25, -0.2) is 4.79 Å². The quantitative estimate of drug-likeness (QED) is 0.692. The Labute approximate surface area is 98.8 Å². The number of carboxylic acids is 1. The molecule has 3 nitrogen and oxygen atoms in total. The van der Waals surface area contributed by atoms with Gasteiger partial charge >= 0.3 is 5.97 Å². The second-order valence-electron chi connectivity index (χ2n) is 4.34. The molecule has 0 bridgehead atoms. The monoisotopic (exact) mass is 225 g/mol. The Bertz CT molecular complexity index is 632. The molecule has 1 heterocycles. The number of hydrogen-bond acceptors (Lipinski definition) is 2. The van der Waals surface area contributed by atoms with E-state index in [2.05, 4.69) is 11.1 Å². The summed E-state index contributed by atoms with van der Waals surface area (Å²) in [4.78, 5) is 15.2. The Morgan fingerprint density at radius 2 is 2.06 bits per heavy atom. The number of rotatable bonds is 1. The van der Waals surface area contributed by atoms with E-state index in [-0.39, 0.29) is 0 Å². The highest BCUT2D eigenvalue weighted by molar-refractivity contribution is 5.90. The molecule has 3 rings (SSSR count). The molecule has 2 aromatic rings. The zero-order chi connectivity index (χ0) is 12.0. The summed E-state index contributed by atoms with van der Waals surface area (Å²) in [6, 6.07) is 7.37. The first-order valence-electron chi connectivity index (χ1n) is 5.47. The molecule has 0 aliphatic heterocycles. The van der Waals surface area contributed by atoms with Crippen LogP contribution in [0.2, 0.25) is 0 Å². The number of nitrogens with zero attached hydrogens (tertiary/aromatic N) is 1. The van der Waals surface area contributed by atoms with E-state index in [1.807, 2.05) is 19.2 Å². The van der Waals surface area contributed by atoms with Crippen molar-refractivity contribution in [3.63, 3.8) is 0 Å². The summed E-state index contributed by atoms with van der Waals surface area (Å²) >= 11 is 0. The summed E-state index contributed by atoms with van der Waals surface area (Å²) in [5.74, 6) is -0.877. The Morgan fingerprint density at radius 1 is 1.24 bits per heavy atom. The van der Waals surface area contributed by atoms with Crippen LogP contribution in [0.4, 0.5) is 0 Å². The zero-order valence-electron chi connectivity index (χ0n) is 9.40. The van der Waals surface area contributed by atoms with Crippen LogP contribution in [-0.4, -0.2) is 16.1 Å². The van der Waals surface area contributed by atoms with E-state index in [1.54, 1.807) is 12.1 Å². The molecular formula is C14H11NO2. The van der Waals surface area contributed by atoms with Crippen molar-refractivity contribution in [1.29, 1.82) is 0 Å². The van der Waals surface area contributed by atoms with Crippen LogP contribution in [-0.2, 0) is 6.42 Å². The third-order valence-electron chi connectivity index (χ3n) is 3.15. The first-order chi connectivity index (χ1) is 8.15. The molecular weight excluding hydrogens is 214 g/mol. The average molecular weight is 225 g/mol. The van der Waals surface area contributed by atoms with Gasteiger partial charge in [0.1, 0.15) is 0 Å². The van der Waals surface area contributed by atoms with Gasteiger partial charge < -0.3 is 5.11 Å². The van der Waals surface area contributed by atoms with Gasteiger partial charge in [0.25, 0.3) is 0 Å². The summed E-state index contributed by atoms with van der Waals surface area (Å²) in [5.41, 5.74) is 5.90. The lowest BCUT2D eigenvalue weighted by Crippen LogP contribution is -1.96. The highest BCUT2D eigenvalue weighted by Crippen LogP contribution is 2.36. The zero-order valence-corrected chi connectivity index (χ0v) is 9.40. The smallest absolute Gasteiger partial charge is 0.335 e. The van der Waals surface area contributed by atoms with Crippen molar-refractivity contribution in [3.05, 3.63) is 52.8 Å². The molecule has 1 aliphatic carbocycles. The van der Waals surface area contributed by atoms with Crippen LogP contribution in [0.25, 0.3) is 11.1 Å². The fourth-order valence-electron chi connectivity index (χ4n) is 2.32. The van der Waals surface area contributed by atoms with Crippen molar-refractivity contribution in [2.24, 2.45) is 0 Å². The molecule has 1 N–H and O–H groups in total. The first kappa shape index (κ1) is 10.0. The topological polar surface area (TPSA) is 50.2 Å². The van der Waals surface area contributed by atoms with Crippen molar-refractivity contribution in [2.45, 2.75) is 13.3 Å². The van der Waals surface area contributed by atoms with Gasteiger partial charge in [-0.2, -0.15) is 0 Å². The number of aryl methyl sites for hydroxylation is 1. The van der Waals surface area contributed by atoms with Crippen LogP contribution in [0.15, 0.2) is 30.5 Å². The second kappa shape index (κ2) is 3.42. The van der Waals surface area contributed by atoms with E-state index in [1.165, 1.54) is 11.1 Å². The van der Waals surface area contributed by atoms with Crippen molar-refractivity contribution < 1.29 is 9.90 Å². The lowest BCUT2D eigenvalue weighted by Gasteiger charge is -2.02. The molecule has 0 radical (unpaired) electrons. The molecule has 17 heavy (non-hydrogen) atoms. The van der Waals surface area contributed by atoms with E-state index in [4.69, 9.17) is 5.11 Å². The van der Waals surface area contributed by atoms with Crippen LogP contribution in [0.1, 0.15) is 27.2 Å². The minimum atomic E-state index is -0.877. The first-order valence-corrected chi connectivity index (χ1v) is 5.47. The number of carboxylic acid groups (broad SMARTS) is 1. The highest BCUT2D eigenvalue weighted by Gasteiger charge is 2.20. The Hall–Kier alpha value is -2.16. The number of hydrogen-bond donors (Lipinski definition) is 1.